The summed E-state index contributed by atoms with van der Waals surface area (Å²) in [6, 6.07) is 0. The first kappa shape index (κ1) is 8.05. The first-order valence-corrected chi connectivity index (χ1v) is 4.60. The topological polar surface area (TPSA) is 32.3 Å². The summed E-state index contributed by atoms with van der Waals surface area (Å²) < 4.78 is 0. The van der Waals surface area contributed by atoms with Crippen molar-refractivity contribution in [2.24, 2.45) is 5.92 Å². The molecule has 68 valence electrons. The van der Waals surface area contributed by atoms with Crippen molar-refractivity contribution in [2.75, 3.05) is 20.1 Å². The molecule has 3 heteroatoms. The fourth-order valence-electron chi connectivity index (χ4n) is 1.97. The lowest BCUT2D eigenvalue weighted by atomic mass is 9.93. The van der Waals surface area contributed by atoms with Crippen LogP contribution in [0.4, 0.5) is 0 Å². The second-order valence-corrected chi connectivity index (χ2v) is 4.50. The average molecular weight is 168 g/mol. The highest BCUT2D eigenvalue weighted by molar-refractivity contribution is 5.81. The molecule has 3 nitrogen and oxygen atoms in total. The molecular formula is C9H16N2O. The van der Waals surface area contributed by atoms with Crippen LogP contribution in [0.1, 0.15) is 19.8 Å². The molecule has 1 saturated carbocycles. The van der Waals surface area contributed by atoms with Gasteiger partial charge in [-0.05, 0) is 26.8 Å². The molecule has 1 heterocycles. The fourth-order valence-corrected chi connectivity index (χ4v) is 1.97. The number of carbonyl (C=O) groups excluding carboxylic acids is 1. The van der Waals surface area contributed by atoms with E-state index in [4.69, 9.17) is 0 Å². The summed E-state index contributed by atoms with van der Waals surface area (Å²) in [5.74, 6) is 0.610. The SMILES string of the molecule is CN1CC(C)(NC(=O)C2CC2)C1. The van der Waals surface area contributed by atoms with Gasteiger partial charge in [-0.15, -0.1) is 0 Å². The van der Waals surface area contributed by atoms with Crippen molar-refractivity contribution in [3.05, 3.63) is 0 Å². The molecule has 1 saturated heterocycles. The van der Waals surface area contributed by atoms with E-state index >= 15 is 0 Å². The molecule has 0 aromatic rings. The second kappa shape index (κ2) is 2.46. The summed E-state index contributed by atoms with van der Waals surface area (Å²) in [6.45, 7) is 4.10. The Balaban J connectivity index is 1.82. The van der Waals surface area contributed by atoms with E-state index in [-0.39, 0.29) is 11.4 Å². The fraction of sp³-hybridized carbons (Fsp3) is 0.889. The van der Waals surface area contributed by atoms with E-state index in [2.05, 4.69) is 24.2 Å². The van der Waals surface area contributed by atoms with Crippen LogP contribution >= 0.6 is 0 Å². The van der Waals surface area contributed by atoms with Gasteiger partial charge in [-0.2, -0.15) is 0 Å². The Morgan fingerprint density at radius 3 is 2.50 bits per heavy atom. The molecule has 2 rings (SSSR count). The normalized spacial score (nSPS) is 27.8. The third-order valence-corrected chi connectivity index (χ3v) is 2.61. The van der Waals surface area contributed by atoms with Gasteiger partial charge in [0.25, 0.3) is 0 Å². The number of amides is 1. The number of carbonyl (C=O) groups is 1. The highest BCUT2D eigenvalue weighted by Crippen LogP contribution is 2.30. The molecule has 12 heavy (non-hydrogen) atoms. The molecule has 0 atom stereocenters. The largest absolute Gasteiger partial charge is 0.348 e. The molecule has 2 aliphatic rings. The molecular weight excluding hydrogens is 152 g/mol. The van der Waals surface area contributed by atoms with Crippen LogP contribution in [0.25, 0.3) is 0 Å². The van der Waals surface area contributed by atoms with Crippen molar-refractivity contribution in [3.8, 4) is 0 Å². The van der Waals surface area contributed by atoms with Gasteiger partial charge in [0.2, 0.25) is 5.91 Å². The maximum atomic E-state index is 11.4. The van der Waals surface area contributed by atoms with Gasteiger partial charge in [-0.25, -0.2) is 0 Å². The molecule has 0 aromatic carbocycles. The number of likely N-dealkylation sites (N-methyl/N-ethyl adjacent to an activating group) is 1. The lowest BCUT2D eigenvalue weighted by Gasteiger charge is -2.46. The number of hydrogen-bond donors (Lipinski definition) is 1. The van der Waals surface area contributed by atoms with Gasteiger partial charge in [0.15, 0.2) is 0 Å². The maximum Gasteiger partial charge on any atom is 0.223 e. The predicted octanol–water partition coefficient (Wildman–Crippen LogP) is 0.217. The number of hydrogen-bond acceptors (Lipinski definition) is 2. The van der Waals surface area contributed by atoms with Crippen LogP contribution < -0.4 is 5.32 Å². The summed E-state index contributed by atoms with van der Waals surface area (Å²) >= 11 is 0. The highest BCUT2D eigenvalue weighted by Gasteiger charge is 2.40. The molecule has 1 aliphatic heterocycles. The van der Waals surface area contributed by atoms with Gasteiger partial charge in [0.1, 0.15) is 0 Å². The average Bonchev–Trinajstić information content (AvgIpc) is 2.63. The van der Waals surface area contributed by atoms with Crippen molar-refractivity contribution in [1.82, 2.24) is 10.2 Å². The standard InChI is InChI=1S/C9H16N2O/c1-9(5-11(2)6-9)10-8(12)7-3-4-7/h7H,3-6H2,1-2H3,(H,10,12). The van der Waals surface area contributed by atoms with Gasteiger partial charge in [-0.3, -0.25) is 4.79 Å². The van der Waals surface area contributed by atoms with Crippen molar-refractivity contribution < 1.29 is 4.79 Å². The zero-order valence-corrected chi connectivity index (χ0v) is 7.76. The van der Waals surface area contributed by atoms with E-state index < -0.39 is 0 Å². The molecule has 0 unspecified atom stereocenters. The van der Waals surface area contributed by atoms with Gasteiger partial charge in [0.05, 0.1) is 5.54 Å². The molecule has 0 bridgehead atoms. The van der Waals surface area contributed by atoms with Crippen molar-refractivity contribution >= 4 is 5.91 Å². The number of nitrogens with zero attached hydrogens (tertiary/aromatic N) is 1. The Morgan fingerprint density at radius 1 is 1.50 bits per heavy atom. The van der Waals surface area contributed by atoms with E-state index in [1.54, 1.807) is 0 Å². The van der Waals surface area contributed by atoms with E-state index in [0.717, 1.165) is 25.9 Å². The summed E-state index contributed by atoms with van der Waals surface area (Å²) in [5, 5.41) is 3.10. The first-order valence-electron chi connectivity index (χ1n) is 4.60. The Kier molecular flexibility index (Phi) is 1.65. The molecule has 0 radical (unpaired) electrons. The Morgan fingerprint density at radius 2 is 2.08 bits per heavy atom. The molecule has 1 N–H and O–H groups in total. The van der Waals surface area contributed by atoms with Crippen LogP contribution in [-0.2, 0) is 4.79 Å². The van der Waals surface area contributed by atoms with Crippen LogP contribution in [0, 0.1) is 5.92 Å². The lowest BCUT2D eigenvalue weighted by molar-refractivity contribution is -0.126. The van der Waals surface area contributed by atoms with Crippen molar-refractivity contribution in [1.29, 1.82) is 0 Å². The molecule has 0 aromatic heterocycles. The van der Waals surface area contributed by atoms with Crippen LogP contribution in [-0.4, -0.2) is 36.5 Å². The number of likely N-dealkylation sites (tertiary alicyclic amines) is 1. The van der Waals surface area contributed by atoms with E-state index in [1.165, 1.54) is 0 Å². The summed E-state index contributed by atoms with van der Waals surface area (Å²) in [4.78, 5) is 13.6. The minimum Gasteiger partial charge on any atom is -0.348 e. The first-order chi connectivity index (χ1) is 5.59. The van der Waals surface area contributed by atoms with E-state index in [9.17, 15) is 4.79 Å². The van der Waals surface area contributed by atoms with Crippen LogP contribution in [0.2, 0.25) is 0 Å². The third kappa shape index (κ3) is 1.46. The number of rotatable bonds is 2. The van der Waals surface area contributed by atoms with Gasteiger partial charge in [0, 0.05) is 19.0 Å². The van der Waals surface area contributed by atoms with Gasteiger partial charge >= 0.3 is 0 Å². The Labute approximate surface area is 73.1 Å². The zero-order chi connectivity index (χ0) is 8.77. The minimum atomic E-state index is 0.0639. The highest BCUT2D eigenvalue weighted by atomic mass is 16.2. The lowest BCUT2D eigenvalue weighted by Crippen LogP contribution is -2.67. The predicted molar refractivity (Wildman–Crippen MR) is 46.8 cm³/mol. The quantitative estimate of drug-likeness (QED) is 0.639. The summed E-state index contributed by atoms with van der Waals surface area (Å²) in [6.07, 6.45) is 2.19. The molecule has 1 amide bonds. The summed E-state index contributed by atoms with van der Waals surface area (Å²) in [5.41, 5.74) is 0.0639. The maximum absolute atomic E-state index is 11.4. The van der Waals surface area contributed by atoms with Crippen molar-refractivity contribution in [2.45, 2.75) is 25.3 Å². The Bertz CT molecular complexity index is 205. The van der Waals surface area contributed by atoms with Crippen LogP contribution in [0.3, 0.4) is 0 Å². The van der Waals surface area contributed by atoms with Gasteiger partial charge in [-0.1, -0.05) is 0 Å². The van der Waals surface area contributed by atoms with Crippen LogP contribution in [0.5, 0.6) is 0 Å². The van der Waals surface area contributed by atoms with E-state index in [1.807, 2.05) is 0 Å². The van der Waals surface area contributed by atoms with Gasteiger partial charge < -0.3 is 10.2 Å². The summed E-state index contributed by atoms with van der Waals surface area (Å²) in [7, 11) is 2.07. The third-order valence-electron chi connectivity index (χ3n) is 2.61. The van der Waals surface area contributed by atoms with Crippen molar-refractivity contribution in [3.63, 3.8) is 0 Å². The number of nitrogens with one attached hydrogen (secondary N) is 1. The second-order valence-electron chi connectivity index (χ2n) is 4.50. The minimum absolute atomic E-state index is 0.0639. The van der Waals surface area contributed by atoms with Crippen LogP contribution in [0.15, 0.2) is 0 Å². The van der Waals surface area contributed by atoms with E-state index in [0.29, 0.717) is 5.92 Å². The zero-order valence-electron chi connectivity index (χ0n) is 7.76. The molecule has 1 aliphatic carbocycles. The smallest absolute Gasteiger partial charge is 0.223 e. The molecule has 0 spiro atoms. The molecule has 2 fully saturated rings. The Hall–Kier alpha value is -0.570. The monoisotopic (exact) mass is 168 g/mol.